The van der Waals surface area contributed by atoms with Crippen LogP contribution in [0.5, 0.6) is 0 Å². The Morgan fingerprint density at radius 1 is 1.00 bits per heavy atom. The van der Waals surface area contributed by atoms with Crippen LogP contribution in [0.25, 0.3) is 11.8 Å². The van der Waals surface area contributed by atoms with E-state index in [9.17, 15) is 19.5 Å². The van der Waals surface area contributed by atoms with E-state index in [-0.39, 0.29) is 23.3 Å². The molecule has 1 aromatic heterocycles. The van der Waals surface area contributed by atoms with Gasteiger partial charge in [-0.2, -0.15) is 0 Å². The first-order chi connectivity index (χ1) is 14.0. The Balaban J connectivity index is 1.62. The zero-order chi connectivity index (χ0) is 20.4. The van der Waals surface area contributed by atoms with Crippen LogP contribution in [0, 0.1) is 0 Å². The predicted molar refractivity (Wildman–Crippen MR) is 111 cm³/mol. The van der Waals surface area contributed by atoms with Gasteiger partial charge in [0.2, 0.25) is 0 Å². The van der Waals surface area contributed by atoms with Gasteiger partial charge in [-0.05, 0) is 53.7 Å². The van der Waals surface area contributed by atoms with Crippen LogP contribution in [0.15, 0.2) is 77.8 Å². The maximum Gasteiger partial charge on any atom is 0.335 e. The first-order valence-electron chi connectivity index (χ1n) is 8.83. The molecule has 1 aliphatic heterocycles. The van der Waals surface area contributed by atoms with Gasteiger partial charge in [-0.3, -0.25) is 14.5 Å². The van der Waals surface area contributed by atoms with Crippen molar-refractivity contribution in [2.24, 2.45) is 0 Å². The highest BCUT2D eigenvalue weighted by molar-refractivity contribution is 8.18. The van der Waals surface area contributed by atoms with Gasteiger partial charge in [0.25, 0.3) is 11.1 Å². The maximum atomic E-state index is 12.8. The number of hydrogen-bond acceptors (Lipinski definition) is 4. The highest BCUT2D eigenvalue weighted by Gasteiger charge is 2.35. The van der Waals surface area contributed by atoms with Crippen LogP contribution < -0.4 is 0 Å². The van der Waals surface area contributed by atoms with E-state index in [1.54, 1.807) is 47.2 Å². The molecule has 0 saturated carbocycles. The number of imide groups is 1. The van der Waals surface area contributed by atoms with Gasteiger partial charge in [0.1, 0.15) is 0 Å². The second kappa shape index (κ2) is 7.81. The normalized spacial score (nSPS) is 15.3. The molecule has 2 amide bonds. The molecule has 0 radical (unpaired) electrons. The molecule has 2 heterocycles. The van der Waals surface area contributed by atoms with E-state index < -0.39 is 5.97 Å². The Bertz CT molecular complexity index is 1130. The number of nitrogens with zero attached hydrogens (tertiary/aromatic N) is 2. The van der Waals surface area contributed by atoms with E-state index in [0.717, 1.165) is 17.3 Å². The SMILES string of the molecule is O=C(O)c1cccc(-n2cccc2C=C2SC(=O)N(Cc3ccccc3)C2=O)c1. The minimum atomic E-state index is -1.01. The van der Waals surface area contributed by atoms with Crippen LogP contribution >= 0.6 is 11.8 Å². The number of aromatic nitrogens is 1. The van der Waals surface area contributed by atoms with Crippen LogP contribution in [0.3, 0.4) is 0 Å². The molecule has 4 rings (SSSR count). The Labute approximate surface area is 171 Å². The van der Waals surface area contributed by atoms with Crippen molar-refractivity contribution in [3.8, 4) is 5.69 Å². The molecule has 0 aliphatic carbocycles. The topological polar surface area (TPSA) is 79.6 Å². The number of carbonyl (C=O) groups is 3. The third kappa shape index (κ3) is 3.86. The Morgan fingerprint density at radius 2 is 1.79 bits per heavy atom. The molecule has 0 unspecified atom stereocenters. The molecule has 6 nitrogen and oxygen atoms in total. The van der Waals surface area contributed by atoms with Gasteiger partial charge in [-0.1, -0.05) is 36.4 Å². The van der Waals surface area contributed by atoms with E-state index >= 15 is 0 Å². The molecule has 29 heavy (non-hydrogen) atoms. The molecule has 144 valence electrons. The summed E-state index contributed by atoms with van der Waals surface area (Å²) in [7, 11) is 0. The molecule has 7 heteroatoms. The third-order valence-corrected chi connectivity index (χ3v) is 5.40. The summed E-state index contributed by atoms with van der Waals surface area (Å²) in [4.78, 5) is 37.9. The van der Waals surface area contributed by atoms with Crippen molar-refractivity contribution in [3.63, 3.8) is 0 Å². The number of thioether (sulfide) groups is 1. The molecule has 0 spiro atoms. The molecule has 1 fully saturated rings. The van der Waals surface area contributed by atoms with Gasteiger partial charge in [0.05, 0.1) is 17.0 Å². The van der Waals surface area contributed by atoms with Crippen LogP contribution in [0.2, 0.25) is 0 Å². The number of rotatable bonds is 5. The molecule has 2 aromatic carbocycles. The fourth-order valence-electron chi connectivity index (χ4n) is 3.07. The highest BCUT2D eigenvalue weighted by Crippen LogP contribution is 2.33. The van der Waals surface area contributed by atoms with Gasteiger partial charge in [0, 0.05) is 17.6 Å². The van der Waals surface area contributed by atoms with Crippen molar-refractivity contribution in [3.05, 3.63) is 94.7 Å². The lowest BCUT2D eigenvalue weighted by molar-refractivity contribution is -0.123. The summed E-state index contributed by atoms with van der Waals surface area (Å²) in [5.41, 5.74) is 2.39. The number of carboxylic acid groups (broad SMARTS) is 1. The molecule has 0 atom stereocenters. The fourth-order valence-corrected chi connectivity index (χ4v) is 3.90. The van der Waals surface area contributed by atoms with Gasteiger partial charge in [0.15, 0.2) is 0 Å². The van der Waals surface area contributed by atoms with Gasteiger partial charge in [-0.25, -0.2) is 4.79 Å². The van der Waals surface area contributed by atoms with E-state index in [0.29, 0.717) is 16.3 Å². The summed E-state index contributed by atoms with van der Waals surface area (Å²) < 4.78 is 1.78. The Morgan fingerprint density at radius 3 is 2.55 bits per heavy atom. The van der Waals surface area contributed by atoms with E-state index in [2.05, 4.69) is 0 Å². The van der Waals surface area contributed by atoms with Gasteiger partial charge >= 0.3 is 5.97 Å². The van der Waals surface area contributed by atoms with Gasteiger partial charge < -0.3 is 9.67 Å². The average molecular weight is 404 g/mol. The highest BCUT2D eigenvalue weighted by atomic mass is 32.2. The second-order valence-electron chi connectivity index (χ2n) is 6.41. The summed E-state index contributed by atoms with van der Waals surface area (Å²) in [6.45, 7) is 0.227. The van der Waals surface area contributed by atoms with Crippen molar-refractivity contribution in [1.82, 2.24) is 9.47 Å². The third-order valence-electron chi connectivity index (χ3n) is 4.49. The van der Waals surface area contributed by atoms with E-state index in [1.807, 2.05) is 30.3 Å². The van der Waals surface area contributed by atoms with E-state index in [4.69, 9.17) is 0 Å². The number of carboxylic acids is 1. The summed E-state index contributed by atoms with van der Waals surface area (Å²) in [5, 5.41) is 8.90. The molecule has 1 aliphatic rings. The van der Waals surface area contributed by atoms with Crippen molar-refractivity contribution in [2.45, 2.75) is 6.54 Å². The van der Waals surface area contributed by atoms with Gasteiger partial charge in [-0.15, -0.1) is 0 Å². The summed E-state index contributed by atoms with van der Waals surface area (Å²) in [6.07, 6.45) is 3.43. The minimum absolute atomic E-state index is 0.172. The number of aromatic carboxylic acids is 1. The molecular formula is C22H16N2O4S. The number of carbonyl (C=O) groups excluding carboxylic acids is 2. The van der Waals surface area contributed by atoms with E-state index in [1.165, 1.54) is 11.0 Å². The second-order valence-corrected chi connectivity index (χ2v) is 7.41. The van der Waals surface area contributed by atoms with Crippen molar-refractivity contribution in [2.75, 3.05) is 0 Å². The average Bonchev–Trinajstić information content (AvgIpc) is 3.29. The minimum Gasteiger partial charge on any atom is -0.478 e. The molecule has 1 saturated heterocycles. The molecular weight excluding hydrogens is 388 g/mol. The summed E-state index contributed by atoms with van der Waals surface area (Å²) in [5.74, 6) is -1.35. The molecule has 3 aromatic rings. The van der Waals surface area contributed by atoms with Crippen molar-refractivity contribution in [1.29, 1.82) is 0 Å². The molecule has 1 N–H and O–H groups in total. The lowest BCUT2D eigenvalue weighted by Gasteiger charge is -2.12. The van der Waals surface area contributed by atoms with Crippen LogP contribution in [-0.2, 0) is 11.3 Å². The van der Waals surface area contributed by atoms with Crippen LogP contribution in [0.1, 0.15) is 21.6 Å². The number of benzene rings is 2. The molecule has 0 bridgehead atoms. The van der Waals surface area contributed by atoms with Crippen molar-refractivity contribution < 1.29 is 19.5 Å². The first-order valence-corrected chi connectivity index (χ1v) is 9.65. The number of amides is 2. The van der Waals surface area contributed by atoms with Crippen LogP contribution in [0.4, 0.5) is 4.79 Å². The smallest absolute Gasteiger partial charge is 0.335 e. The lowest BCUT2D eigenvalue weighted by atomic mass is 10.2. The maximum absolute atomic E-state index is 12.8. The Kier molecular flexibility index (Phi) is 5.05. The fraction of sp³-hybridized carbons (Fsp3) is 0.0455. The van der Waals surface area contributed by atoms with Crippen LogP contribution in [-0.4, -0.2) is 31.7 Å². The largest absolute Gasteiger partial charge is 0.478 e. The summed E-state index contributed by atoms with van der Waals surface area (Å²) in [6, 6.07) is 19.5. The first kappa shape index (κ1) is 18.8. The summed E-state index contributed by atoms with van der Waals surface area (Å²) >= 11 is 0.902. The lowest BCUT2D eigenvalue weighted by Crippen LogP contribution is -2.27. The quantitative estimate of drug-likeness (QED) is 0.637. The predicted octanol–water partition coefficient (Wildman–Crippen LogP) is 4.41. The monoisotopic (exact) mass is 404 g/mol. The standard InChI is InChI=1S/C22H16N2O4S/c25-20-19(29-22(28)24(20)14-15-6-2-1-3-7-15)13-18-10-5-11-23(18)17-9-4-8-16(12-17)21(26)27/h1-13H,14H2,(H,26,27). The Hall–Kier alpha value is -3.58. The zero-order valence-electron chi connectivity index (χ0n) is 15.2. The zero-order valence-corrected chi connectivity index (χ0v) is 16.0. The van der Waals surface area contributed by atoms with Crippen molar-refractivity contribution >= 4 is 35.0 Å². The number of hydrogen-bond donors (Lipinski definition) is 1.